The molecule has 29 heavy (non-hydrogen) atoms. The first kappa shape index (κ1) is 17.3. The fraction of sp³-hybridized carbons (Fsp3) is 0.0385. The summed E-state index contributed by atoms with van der Waals surface area (Å²) in [6.07, 6.45) is 1.89. The highest BCUT2D eigenvalue weighted by atomic mass is 16.5. The van der Waals surface area contributed by atoms with Crippen LogP contribution in [0.2, 0.25) is 0 Å². The number of hydrogen-bond acceptors (Lipinski definition) is 2. The summed E-state index contributed by atoms with van der Waals surface area (Å²) in [6, 6.07) is 31.8. The molecule has 0 atom stereocenters. The summed E-state index contributed by atoms with van der Waals surface area (Å²) in [7, 11) is 0. The Morgan fingerprint density at radius 3 is 2.28 bits per heavy atom. The average Bonchev–Trinajstić information content (AvgIpc) is 3.13. The normalized spacial score (nSPS) is 11.0. The summed E-state index contributed by atoms with van der Waals surface area (Å²) in [4.78, 5) is 13.1. The first-order valence-electron chi connectivity index (χ1n) is 9.61. The number of rotatable bonds is 4. The lowest BCUT2D eigenvalue weighted by Crippen LogP contribution is -2.08. The van der Waals surface area contributed by atoms with Crippen LogP contribution in [0.4, 0.5) is 0 Å². The SMILES string of the molecule is O=C(Oc1cccc2ccccc12)c1cn(Cc2ccccc2)c2ccccc12. The number of fused-ring (bicyclic) bond motifs is 2. The van der Waals surface area contributed by atoms with Crippen molar-refractivity contribution in [3.8, 4) is 5.75 Å². The second kappa shape index (κ2) is 7.28. The third-order valence-electron chi connectivity index (χ3n) is 5.16. The first-order valence-corrected chi connectivity index (χ1v) is 9.61. The molecule has 3 heteroatoms. The smallest absolute Gasteiger partial charge is 0.345 e. The van der Waals surface area contributed by atoms with Crippen molar-refractivity contribution < 1.29 is 9.53 Å². The Morgan fingerprint density at radius 1 is 0.724 bits per heavy atom. The Morgan fingerprint density at radius 2 is 1.41 bits per heavy atom. The summed E-state index contributed by atoms with van der Waals surface area (Å²) >= 11 is 0. The molecule has 0 fully saturated rings. The minimum Gasteiger partial charge on any atom is -0.422 e. The van der Waals surface area contributed by atoms with Crippen LogP contribution in [-0.4, -0.2) is 10.5 Å². The van der Waals surface area contributed by atoms with Crippen LogP contribution in [0.5, 0.6) is 5.75 Å². The summed E-state index contributed by atoms with van der Waals surface area (Å²) in [6.45, 7) is 0.697. The Kier molecular flexibility index (Phi) is 4.34. The molecule has 0 aliphatic heterocycles. The number of carbonyl (C=O) groups excluding carboxylic acids is 1. The minimum absolute atomic E-state index is 0.343. The maximum absolute atomic E-state index is 13.1. The number of carbonyl (C=O) groups is 1. The van der Waals surface area contributed by atoms with Crippen molar-refractivity contribution >= 4 is 27.6 Å². The predicted molar refractivity (Wildman–Crippen MR) is 116 cm³/mol. The van der Waals surface area contributed by atoms with Crippen LogP contribution in [0.1, 0.15) is 15.9 Å². The Bertz CT molecular complexity index is 1310. The van der Waals surface area contributed by atoms with Crippen molar-refractivity contribution in [1.82, 2.24) is 4.57 Å². The first-order chi connectivity index (χ1) is 14.3. The van der Waals surface area contributed by atoms with Gasteiger partial charge in [0.2, 0.25) is 0 Å². The molecule has 0 radical (unpaired) electrons. The molecule has 0 aliphatic carbocycles. The van der Waals surface area contributed by atoms with Gasteiger partial charge in [-0.3, -0.25) is 0 Å². The maximum Gasteiger partial charge on any atom is 0.345 e. The molecule has 0 aliphatic rings. The molecule has 0 saturated heterocycles. The van der Waals surface area contributed by atoms with Gasteiger partial charge in [-0.05, 0) is 23.1 Å². The van der Waals surface area contributed by atoms with Gasteiger partial charge in [0, 0.05) is 29.0 Å². The molecular weight excluding hydrogens is 358 g/mol. The standard InChI is InChI=1S/C26H19NO2/c28-26(29-25-16-8-12-20-11-4-5-13-21(20)25)23-18-27(17-19-9-2-1-3-10-19)24-15-7-6-14-22(23)24/h1-16,18H,17H2. The highest BCUT2D eigenvalue weighted by Gasteiger charge is 2.18. The number of aromatic nitrogens is 1. The zero-order chi connectivity index (χ0) is 19.6. The molecular formula is C26H19NO2. The van der Waals surface area contributed by atoms with Crippen molar-refractivity contribution in [2.75, 3.05) is 0 Å². The molecule has 0 saturated carbocycles. The van der Waals surface area contributed by atoms with Crippen molar-refractivity contribution in [3.05, 3.63) is 114 Å². The van der Waals surface area contributed by atoms with Crippen LogP contribution >= 0.6 is 0 Å². The Hall–Kier alpha value is -3.85. The molecule has 0 unspecified atom stereocenters. The number of ether oxygens (including phenoxy) is 1. The van der Waals surface area contributed by atoms with Gasteiger partial charge in [-0.2, -0.15) is 0 Å². The van der Waals surface area contributed by atoms with Crippen LogP contribution in [0.3, 0.4) is 0 Å². The highest BCUT2D eigenvalue weighted by Crippen LogP contribution is 2.28. The lowest BCUT2D eigenvalue weighted by Gasteiger charge is -2.07. The predicted octanol–water partition coefficient (Wildman–Crippen LogP) is 6.06. The van der Waals surface area contributed by atoms with Gasteiger partial charge in [0.05, 0.1) is 5.56 Å². The van der Waals surface area contributed by atoms with E-state index in [9.17, 15) is 4.79 Å². The lowest BCUT2D eigenvalue weighted by atomic mass is 10.1. The van der Waals surface area contributed by atoms with Crippen LogP contribution in [-0.2, 0) is 6.54 Å². The van der Waals surface area contributed by atoms with Gasteiger partial charge < -0.3 is 9.30 Å². The molecule has 5 rings (SSSR count). The van der Waals surface area contributed by atoms with E-state index in [1.807, 2.05) is 91.1 Å². The Balaban J connectivity index is 1.53. The third-order valence-corrected chi connectivity index (χ3v) is 5.16. The fourth-order valence-corrected chi connectivity index (χ4v) is 3.76. The molecule has 0 spiro atoms. The zero-order valence-electron chi connectivity index (χ0n) is 15.8. The van der Waals surface area contributed by atoms with E-state index >= 15 is 0 Å². The number of para-hydroxylation sites is 1. The largest absolute Gasteiger partial charge is 0.422 e. The second-order valence-electron chi connectivity index (χ2n) is 7.04. The van der Waals surface area contributed by atoms with E-state index in [1.165, 1.54) is 5.56 Å². The molecule has 4 aromatic carbocycles. The zero-order valence-corrected chi connectivity index (χ0v) is 15.8. The molecule has 0 amide bonds. The van der Waals surface area contributed by atoms with E-state index in [-0.39, 0.29) is 5.97 Å². The van der Waals surface area contributed by atoms with Gasteiger partial charge in [0.1, 0.15) is 5.75 Å². The summed E-state index contributed by atoms with van der Waals surface area (Å²) in [5, 5.41) is 2.87. The topological polar surface area (TPSA) is 31.2 Å². The number of hydrogen-bond donors (Lipinski definition) is 0. The monoisotopic (exact) mass is 377 g/mol. The third kappa shape index (κ3) is 3.27. The quantitative estimate of drug-likeness (QED) is 0.281. The average molecular weight is 377 g/mol. The molecule has 1 heterocycles. The fourth-order valence-electron chi connectivity index (χ4n) is 3.76. The van der Waals surface area contributed by atoms with E-state index in [1.54, 1.807) is 0 Å². The second-order valence-corrected chi connectivity index (χ2v) is 7.04. The van der Waals surface area contributed by atoms with Crippen molar-refractivity contribution in [2.24, 2.45) is 0 Å². The number of benzene rings is 4. The summed E-state index contributed by atoms with van der Waals surface area (Å²) in [5.41, 5.74) is 2.77. The minimum atomic E-state index is -0.343. The van der Waals surface area contributed by atoms with Crippen LogP contribution in [0.15, 0.2) is 103 Å². The lowest BCUT2D eigenvalue weighted by molar-refractivity contribution is 0.0739. The molecule has 1 aromatic heterocycles. The number of nitrogens with zero attached hydrogens (tertiary/aromatic N) is 1. The van der Waals surface area contributed by atoms with Crippen molar-refractivity contribution in [3.63, 3.8) is 0 Å². The van der Waals surface area contributed by atoms with E-state index in [0.29, 0.717) is 17.9 Å². The molecule has 0 bridgehead atoms. The summed E-state index contributed by atoms with van der Waals surface area (Å²) in [5.74, 6) is 0.234. The van der Waals surface area contributed by atoms with Crippen molar-refractivity contribution in [2.45, 2.75) is 6.54 Å². The van der Waals surface area contributed by atoms with E-state index < -0.39 is 0 Å². The Labute approximate surface area is 168 Å². The molecule has 5 aromatic rings. The van der Waals surface area contributed by atoms with Gasteiger partial charge in [-0.25, -0.2) is 4.79 Å². The van der Waals surface area contributed by atoms with Gasteiger partial charge >= 0.3 is 5.97 Å². The van der Waals surface area contributed by atoms with Crippen molar-refractivity contribution in [1.29, 1.82) is 0 Å². The van der Waals surface area contributed by atoms with Gasteiger partial charge in [-0.1, -0.05) is 84.9 Å². The number of esters is 1. The molecule has 0 N–H and O–H groups in total. The van der Waals surface area contributed by atoms with E-state index in [4.69, 9.17) is 4.74 Å². The van der Waals surface area contributed by atoms with E-state index in [0.717, 1.165) is 21.7 Å². The van der Waals surface area contributed by atoms with Gasteiger partial charge in [0.25, 0.3) is 0 Å². The maximum atomic E-state index is 13.1. The molecule has 3 nitrogen and oxygen atoms in total. The highest BCUT2D eigenvalue weighted by molar-refractivity contribution is 6.06. The van der Waals surface area contributed by atoms with Crippen LogP contribution in [0, 0.1) is 0 Å². The van der Waals surface area contributed by atoms with Gasteiger partial charge in [0.15, 0.2) is 0 Å². The van der Waals surface area contributed by atoms with Gasteiger partial charge in [-0.15, -0.1) is 0 Å². The summed E-state index contributed by atoms with van der Waals surface area (Å²) < 4.78 is 7.93. The molecule has 140 valence electrons. The van der Waals surface area contributed by atoms with E-state index in [2.05, 4.69) is 16.7 Å². The van der Waals surface area contributed by atoms with Crippen LogP contribution in [0.25, 0.3) is 21.7 Å². The van der Waals surface area contributed by atoms with Crippen LogP contribution < -0.4 is 4.74 Å².